The molecule has 10 nitrogen and oxygen atoms in total. The SMILES string of the molecule is O=C(O)C=C(Cn1nnc(CCCc2ccc3cccnc3n2)n1)c1ccc2c(c1)OCO2. The van der Waals surface area contributed by atoms with Crippen LogP contribution in [0, 0.1) is 0 Å². The fraction of sp³-hybridized carbons (Fsp3) is 0.217. The summed E-state index contributed by atoms with van der Waals surface area (Å²) < 4.78 is 10.7. The number of aryl methyl sites for hydroxylation is 2. The van der Waals surface area contributed by atoms with Gasteiger partial charge in [0.25, 0.3) is 0 Å². The first-order chi connectivity index (χ1) is 16.1. The molecule has 0 radical (unpaired) electrons. The second-order valence-corrected chi connectivity index (χ2v) is 7.52. The summed E-state index contributed by atoms with van der Waals surface area (Å²) in [6, 6.07) is 13.2. The third-order valence-corrected chi connectivity index (χ3v) is 5.20. The maximum atomic E-state index is 11.4. The van der Waals surface area contributed by atoms with Crippen LogP contribution in [-0.2, 0) is 24.2 Å². The van der Waals surface area contributed by atoms with E-state index < -0.39 is 5.97 Å². The summed E-state index contributed by atoms with van der Waals surface area (Å²) >= 11 is 0. The minimum Gasteiger partial charge on any atom is -0.478 e. The van der Waals surface area contributed by atoms with E-state index in [1.54, 1.807) is 24.4 Å². The van der Waals surface area contributed by atoms with Crippen molar-refractivity contribution in [1.82, 2.24) is 30.2 Å². The number of pyridine rings is 2. The number of hydrogen-bond acceptors (Lipinski definition) is 8. The Bertz CT molecular complexity index is 1350. The Morgan fingerprint density at radius 3 is 2.94 bits per heavy atom. The molecule has 1 aromatic carbocycles. The van der Waals surface area contributed by atoms with E-state index in [1.165, 1.54) is 4.80 Å². The van der Waals surface area contributed by atoms with Crippen molar-refractivity contribution < 1.29 is 19.4 Å². The van der Waals surface area contributed by atoms with Gasteiger partial charge >= 0.3 is 5.97 Å². The van der Waals surface area contributed by atoms with E-state index >= 15 is 0 Å². The summed E-state index contributed by atoms with van der Waals surface area (Å²) in [5.74, 6) is 0.745. The number of ether oxygens (including phenoxy) is 2. The molecule has 0 spiro atoms. The van der Waals surface area contributed by atoms with Gasteiger partial charge in [0.1, 0.15) is 0 Å². The smallest absolute Gasteiger partial charge is 0.328 e. The highest BCUT2D eigenvalue weighted by Crippen LogP contribution is 2.34. The standard InChI is InChI=1S/C23H20N6O4/c30-22(31)12-17(16-7-9-19-20(11-16)33-14-32-19)13-29-27-21(26-28-29)5-1-4-18-8-6-15-3-2-10-24-23(15)25-18/h2-3,6-12H,1,4-5,13-14H2,(H,30,31). The molecule has 0 atom stereocenters. The van der Waals surface area contributed by atoms with Gasteiger partial charge in [0.15, 0.2) is 23.0 Å². The van der Waals surface area contributed by atoms with Gasteiger partial charge in [-0.1, -0.05) is 6.07 Å². The molecule has 3 aromatic heterocycles. The van der Waals surface area contributed by atoms with Crippen molar-refractivity contribution in [3.63, 3.8) is 0 Å². The lowest BCUT2D eigenvalue weighted by molar-refractivity contribution is -0.131. The quantitative estimate of drug-likeness (QED) is 0.408. The molecule has 10 heteroatoms. The summed E-state index contributed by atoms with van der Waals surface area (Å²) in [6.45, 7) is 0.312. The van der Waals surface area contributed by atoms with Crippen LogP contribution < -0.4 is 9.47 Å². The van der Waals surface area contributed by atoms with Gasteiger partial charge < -0.3 is 14.6 Å². The van der Waals surface area contributed by atoms with Gasteiger partial charge in [-0.3, -0.25) is 0 Å². The highest BCUT2D eigenvalue weighted by Gasteiger charge is 2.16. The Labute approximate surface area is 188 Å². The number of carboxylic acids is 1. The van der Waals surface area contributed by atoms with Crippen molar-refractivity contribution in [1.29, 1.82) is 0 Å². The number of carbonyl (C=O) groups is 1. The summed E-state index contributed by atoms with van der Waals surface area (Å²) in [6.07, 6.45) is 5.07. The minimum absolute atomic E-state index is 0.149. The van der Waals surface area contributed by atoms with E-state index in [4.69, 9.17) is 9.47 Å². The lowest BCUT2D eigenvalue weighted by Gasteiger charge is -2.07. The van der Waals surface area contributed by atoms with Crippen molar-refractivity contribution in [2.45, 2.75) is 25.8 Å². The molecule has 166 valence electrons. The molecule has 0 unspecified atom stereocenters. The molecule has 0 bridgehead atoms. The first-order valence-electron chi connectivity index (χ1n) is 10.4. The molecular weight excluding hydrogens is 424 g/mol. The fourth-order valence-electron chi connectivity index (χ4n) is 3.62. The molecule has 33 heavy (non-hydrogen) atoms. The lowest BCUT2D eigenvalue weighted by Crippen LogP contribution is -2.07. The van der Waals surface area contributed by atoms with Crippen LogP contribution in [0.15, 0.2) is 54.7 Å². The molecule has 1 N–H and O–H groups in total. The van der Waals surface area contributed by atoms with Crippen molar-refractivity contribution in [3.05, 3.63) is 71.8 Å². The first kappa shape index (κ1) is 20.6. The largest absolute Gasteiger partial charge is 0.478 e. The average molecular weight is 444 g/mol. The van der Waals surface area contributed by atoms with E-state index in [2.05, 4.69) is 25.4 Å². The van der Waals surface area contributed by atoms with Gasteiger partial charge in [-0.2, -0.15) is 4.80 Å². The number of rotatable bonds is 8. The molecule has 4 heterocycles. The molecule has 0 amide bonds. The first-order valence-corrected chi connectivity index (χ1v) is 10.4. The average Bonchev–Trinajstić information content (AvgIpc) is 3.47. The molecule has 5 rings (SSSR count). The maximum absolute atomic E-state index is 11.4. The molecule has 0 saturated carbocycles. The Morgan fingerprint density at radius 2 is 2.03 bits per heavy atom. The summed E-state index contributed by atoms with van der Waals surface area (Å²) in [5, 5.41) is 22.9. The van der Waals surface area contributed by atoms with Gasteiger partial charge in [-0.25, -0.2) is 14.8 Å². The summed E-state index contributed by atoms with van der Waals surface area (Å²) in [7, 11) is 0. The lowest BCUT2D eigenvalue weighted by atomic mass is 10.0. The van der Waals surface area contributed by atoms with Gasteiger partial charge in [0.05, 0.1) is 6.54 Å². The summed E-state index contributed by atoms with van der Waals surface area (Å²) in [5.41, 5.74) is 2.91. The number of carboxylic acid groups (broad SMARTS) is 1. The molecule has 0 saturated heterocycles. The number of tetrazole rings is 1. The number of fused-ring (bicyclic) bond motifs is 2. The van der Waals surface area contributed by atoms with E-state index in [9.17, 15) is 9.90 Å². The fourth-order valence-corrected chi connectivity index (χ4v) is 3.62. The van der Waals surface area contributed by atoms with Crippen LogP contribution in [0.1, 0.15) is 23.5 Å². The van der Waals surface area contributed by atoms with Crippen molar-refractivity contribution in [2.24, 2.45) is 0 Å². The molecule has 4 aromatic rings. The van der Waals surface area contributed by atoms with Crippen molar-refractivity contribution in [2.75, 3.05) is 6.79 Å². The Kier molecular flexibility index (Phi) is 5.62. The zero-order chi connectivity index (χ0) is 22.6. The van der Waals surface area contributed by atoms with Crippen LogP contribution in [0.5, 0.6) is 11.5 Å². The highest BCUT2D eigenvalue weighted by molar-refractivity contribution is 5.90. The van der Waals surface area contributed by atoms with Crippen LogP contribution in [0.2, 0.25) is 0 Å². The van der Waals surface area contributed by atoms with Gasteiger partial charge in [0.2, 0.25) is 6.79 Å². The zero-order valence-corrected chi connectivity index (χ0v) is 17.6. The number of hydrogen-bond donors (Lipinski definition) is 1. The van der Waals surface area contributed by atoms with Crippen molar-refractivity contribution >= 4 is 22.6 Å². The van der Waals surface area contributed by atoms with E-state index in [1.807, 2.05) is 24.3 Å². The number of benzene rings is 1. The maximum Gasteiger partial charge on any atom is 0.328 e. The molecule has 0 aliphatic carbocycles. The number of allylic oxidation sites excluding steroid dienone is 1. The normalized spacial score (nSPS) is 12.9. The van der Waals surface area contributed by atoms with E-state index in [-0.39, 0.29) is 13.3 Å². The number of nitrogens with zero attached hydrogens (tertiary/aromatic N) is 6. The Balaban J connectivity index is 1.23. The van der Waals surface area contributed by atoms with Crippen LogP contribution >= 0.6 is 0 Å². The van der Waals surface area contributed by atoms with E-state index in [0.29, 0.717) is 34.9 Å². The second-order valence-electron chi connectivity index (χ2n) is 7.52. The van der Waals surface area contributed by atoms with Crippen molar-refractivity contribution in [3.8, 4) is 11.5 Å². The molecule has 1 aliphatic heterocycles. The van der Waals surface area contributed by atoms with Gasteiger partial charge in [-0.15, -0.1) is 10.2 Å². The molecule has 1 aliphatic rings. The number of aromatic nitrogens is 6. The van der Waals surface area contributed by atoms with Crippen LogP contribution in [0.25, 0.3) is 16.6 Å². The monoisotopic (exact) mass is 444 g/mol. The van der Waals surface area contributed by atoms with Crippen LogP contribution in [0.3, 0.4) is 0 Å². The molecular formula is C23H20N6O4. The number of aliphatic carboxylic acids is 1. The third kappa shape index (κ3) is 4.79. The Hall–Kier alpha value is -4.34. The van der Waals surface area contributed by atoms with Crippen LogP contribution in [-0.4, -0.2) is 48.0 Å². The topological polar surface area (TPSA) is 125 Å². The minimum atomic E-state index is -1.06. The highest BCUT2D eigenvalue weighted by atomic mass is 16.7. The predicted molar refractivity (Wildman–Crippen MR) is 118 cm³/mol. The third-order valence-electron chi connectivity index (χ3n) is 5.20. The van der Waals surface area contributed by atoms with Crippen LogP contribution in [0.4, 0.5) is 0 Å². The summed E-state index contributed by atoms with van der Waals surface area (Å²) in [4.78, 5) is 21.6. The predicted octanol–water partition coefficient (Wildman–Crippen LogP) is 2.69. The molecule has 0 fully saturated rings. The second kappa shape index (κ2) is 9.03. The van der Waals surface area contributed by atoms with E-state index in [0.717, 1.165) is 35.6 Å². The van der Waals surface area contributed by atoms with Gasteiger partial charge in [0, 0.05) is 29.8 Å². The zero-order valence-electron chi connectivity index (χ0n) is 17.6. The van der Waals surface area contributed by atoms with Gasteiger partial charge in [-0.05, 0) is 65.6 Å². The Morgan fingerprint density at radius 1 is 1.12 bits per heavy atom.